The van der Waals surface area contributed by atoms with Crippen molar-refractivity contribution in [2.75, 3.05) is 5.32 Å². The summed E-state index contributed by atoms with van der Waals surface area (Å²) in [6.07, 6.45) is -4.72. The molecule has 3 aromatic rings. The molecule has 0 aliphatic rings. The van der Waals surface area contributed by atoms with Gasteiger partial charge in [0.2, 0.25) is 0 Å². The second-order valence-corrected chi connectivity index (χ2v) is 5.64. The average Bonchev–Trinajstić information content (AvgIpc) is 2.53. The Morgan fingerprint density at radius 3 is 2.48 bits per heavy atom. The van der Waals surface area contributed by atoms with Crippen molar-refractivity contribution in [1.82, 2.24) is 4.98 Å². The predicted molar refractivity (Wildman–Crippen MR) is 89.8 cm³/mol. The van der Waals surface area contributed by atoms with Crippen LogP contribution in [0.3, 0.4) is 0 Å². The number of alkyl halides is 3. The van der Waals surface area contributed by atoms with Gasteiger partial charge in [-0.3, -0.25) is 4.79 Å². The van der Waals surface area contributed by atoms with Gasteiger partial charge in [-0.05, 0) is 54.8 Å². The smallest absolute Gasteiger partial charge is 0.406 e. The summed E-state index contributed by atoms with van der Waals surface area (Å²) in [6, 6.07) is 12.9. The molecule has 7 heteroatoms. The molecule has 0 bridgehead atoms. The summed E-state index contributed by atoms with van der Waals surface area (Å²) in [5, 5.41) is 3.94. The van der Waals surface area contributed by atoms with E-state index in [4.69, 9.17) is 0 Å². The molecule has 130 valence electrons. The molecule has 0 fully saturated rings. The summed E-state index contributed by atoms with van der Waals surface area (Å²) in [5.74, 6) is -0.294. The average molecular weight is 348 g/mol. The number of hydrogen-bond acceptors (Lipinski definition) is 3. The van der Waals surface area contributed by atoms with Gasteiger partial charge in [0.1, 0.15) is 5.75 Å². The Bertz CT molecular complexity index is 947. The predicted octanol–water partition coefficient (Wildman–Crippen LogP) is 4.35. The quantitative estimate of drug-likeness (QED) is 0.737. The molecule has 0 unspecified atom stereocenters. The standard InChI is InChI=1S/C18H15F3N2O2/c1-11-2-7-16-12(8-11)9-13(17(24)23-16)10-22-14-3-5-15(6-4-14)25-18(19,20)21/h2-9,22H,10H2,1H3,(H,23,24). The first-order valence-corrected chi connectivity index (χ1v) is 7.52. The molecule has 1 heterocycles. The van der Waals surface area contributed by atoms with Crippen molar-refractivity contribution < 1.29 is 17.9 Å². The van der Waals surface area contributed by atoms with E-state index in [0.717, 1.165) is 16.5 Å². The van der Waals surface area contributed by atoms with E-state index in [1.807, 2.05) is 25.1 Å². The molecule has 0 saturated heterocycles. The summed E-state index contributed by atoms with van der Waals surface area (Å²) in [7, 11) is 0. The van der Waals surface area contributed by atoms with Crippen LogP contribution in [0, 0.1) is 6.92 Å². The summed E-state index contributed by atoms with van der Waals surface area (Å²) in [5.41, 5.74) is 2.75. The van der Waals surface area contributed by atoms with E-state index in [2.05, 4.69) is 15.0 Å². The van der Waals surface area contributed by atoms with Crippen LogP contribution in [0.2, 0.25) is 0 Å². The van der Waals surface area contributed by atoms with E-state index in [1.165, 1.54) is 24.3 Å². The van der Waals surface area contributed by atoms with Crippen LogP contribution in [0.5, 0.6) is 5.75 Å². The van der Waals surface area contributed by atoms with E-state index in [-0.39, 0.29) is 17.9 Å². The molecule has 2 N–H and O–H groups in total. The Balaban J connectivity index is 1.74. The zero-order valence-corrected chi connectivity index (χ0v) is 13.3. The van der Waals surface area contributed by atoms with E-state index >= 15 is 0 Å². The zero-order valence-electron chi connectivity index (χ0n) is 13.3. The lowest BCUT2D eigenvalue weighted by atomic mass is 10.1. The maximum Gasteiger partial charge on any atom is 0.573 e. The fraction of sp³-hybridized carbons (Fsp3) is 0.167. The number of rotatable bonds is 4. The molecule has 0 aliphatic heterocycles. The largest absolute Gasteiger partial charge is 0.573 e. The summed E-state index contributed by atoms with van der Waals surface area (Å²) < 4.78 is 40.2. The molecule has 4 nitrogen and oxygen atoms in total. The number of aryl methyl sites for hydroxylation is 1. The number of aromatic amines is 1. The highest BCUT2D eigenvalue weighted by molar-refractivity contribution is 5.79. The normalized spacial score (nSPS) is 11.5. The van der Waals surface area contributed by atoms with Gasteiger partial charge in [-0.25, -0.2) is 0 Å². The second-order valence-electron chi connectivity index (χ2n) is 5.64. The Labute approximate surface area is 141 Å². The van der Waals surface area contributed by atoms with Gasteiger partial charge < -0.3 is 15.0 Å². The number of nitrogens with one attached hydrogen (secondary N) is 2. The highest BCUT2D eigenvalue weighted by Gasteiger charge is 2.30. The van der Waals surface area contributed by atoms with Crippen LogP contribution in [0.15, 0.2) is 53.3 Å². The monoisotopic (exact) mass is 348 g/mol. The van der Waals surface area contributed by atoms with Crippen LogP contribution in [0.25, 0.3) is 10.9 Å². The van der Waals surface area contributed by atoms with Crippen molar-refractivity contribution in [2.24, 2.45) is 0 Å². The summed E-state index contributed by atoms with van der Waals surface area (Å²) in [4.78, 5) is 14.9. The van der Waals surface area contributed by atoms with Crippen LogP contribution in [0.1, 0.15) is 11.1 Å². The topological polar surface area (TPSA) is 54.1 Å². The molecule has 0 radical (unpaired) electrons. The molecule has 0 saturated carbocycles. The van der Waals surface area contributed by atoms with Crippen molar-refractivity contribution in [2.45, 2.75) is 19.8 Å². The van der Waals surface area contributed by atoms with Crippen LogP contribution in [-0.2, 0) is 6.54 Å². The number of anilines is 1. The van der Waals surface area contributed by atoms with E-state index in [9.17, 15) is 18.0 Å². The number of ether oxygens (including phenoxy) is 1. The van der Waals surface area contributed by atoms with Gasteiger partial charge in [-0.15, -0.1) is 13.2 Å². The zero-order chi connectivity index (χ0) is 18.0. The fourth-order valence-corrected chi connectivity index (χ4v) is 2.47. The van der Waals surface area contributed by atoms with E-state index in [0.29, 0.717) is 11.3 Å². The first-order chi connectivity index (χ1) is 11.8. The SMILES string of the molecule is Cc1ccc2[nH]c(=O)c(CNc3ccc(OC(F)(F)F)cc3)cc2c1. The van der Waals surface area contributed by atoms with Gasteiger partial charge in [0.25, 0.3) is 5.56 Å². The van der Waals surface area contributed by atoms with E-state index in [1.54, 1.807) is 6.07 Å². The number of aromatic nitrogens is 1. The van der Waals surface area contributed by atoms with Gasteiger partial charge >= 0.3 is 6.36 Å². The third-order valence-electron chi connectivity index (χ3n) is 3.65. The minimum absolute atomic E-state index is 0.208. The Morgan fingerprint density at radius 1 is 1.08 bits per heavy atom. The van der Waals surface area contributed by atoms with Crippen LogP contribution < -0.4 is 15.6 Å². The van der Waals surface area contributed by atoms with Crippen molar-refractivity contribution in [3.05, 3.63) is 70.0 Å². The lowest BCUT2D eigenvalue weighted by Crippen LogP contribution is -2.17. The number of halogens is 3. The molecule has 0 aliphatic carbocycles. The summed E-state index contributed by atoms with van der Waals surface area (Å²) in [6.45, 7) is 2.21. The van der Waals surface area contributed by atoms with Crippen LogP contribution >= 0.6 is 0 Å². The molecule has 0 atom stereocenters. The van der Waals surface area contributed by atoms with Crippen LogP contribution in [0.4, 0.5) is 18.9 Å². The number of fused-ring (bicyclic) bond motifs is 1. The van der Waals surface area contributed by atoms with E-state index < -0.39 is 6.36 Å². The lowest BCUT2D eigenvalue weighted by molar-refractivity contribution is -0.274. The number of benzene rings is 2. The van der Waals surface area contributed by atoms with Crippen LogP contribution in [-0.4, -0.2) is 11.3 Å². The first-order valence-electron chi connectivity index (χ1n) is 7.52. The summed E-state index contributed by atoms with van der Waals surface area (Å²) >= 11 is 0. The molecule has 25 heavy (non-hydrogen) atoms. The molecule has 2 aromatic carbocycles. The third kappa shape index (κ3) is 4.32. The first kappa shape index (κ1) is 16.9. The Hall–Kier alpha value is -2.96. The van der Waals surface area contributed by atoms with Gasteiger partial charge in [0.05, 0.1) is 0 Å². The molecule has 1 aromatic heterocycles. The van der Waals surface area contributed by atoms with Crippen molar-refractivity contribution in [3.63, 3.8) is 0 Å². The number of H-pyrrole nitrogens is 1. The van der Waals surface area contributed by atoms with Crippen molar-refractivity contribution in [3.8, 4) is 5.75 Å². The highest BCUT2D eigenvalue weighted by atomic mass is 19.4. The number of pyridine rings is 1. The minimum Gasteiger partial charge on any atom is -0.406 e. The molecule has 0 amide bonds. The molecular formula is C18H15F3N2O2. The third-order valence-corrected chi connectivity index (χ3v) is 3.65. The van der Waals surface area contributed by atoms with Crippen molar-refractivity contribution >= 4 is 16.6 Å². The molecular weight excluding hydrogens is 333 g/mol. The van der Waals surface area contributed by atoms with Gasteiger partial charge in [0, 0.05) is 23.3 Å². The second kappa shape index (κ2) is 6.51. The molecule has 3 rings (SSSR count). The van der Waals surface area contributed by atoms with Gasteiger partial charge in [-0.1, -0.05) is 11.6 Å². The van der Waals surface area contributed by atoms with Gasteiger partial charge in [0.15, 0.2) is 0 Å². The highest BCUT2D eigenvalue weighted by Crippen LogP contribution is 2.24. The Morgan fingerprint density at radius 2 is 1.80 bits per heavy atom. The number of hydrogen-bond donors (Lipinski definition) is 2. The molecule has 0 spiro atoms. The maximum absolute atomic E-state index is 12.1. The van der Waals surface area contributed by atoms with Gasteiger partial charge in [-0.2, -0.15) is 0 Å². The Kier molecular flexibility index (Phi) is 4.39. The maximum atomic E-state index is 12.1. The fourth-order valence-electron chi connectivity index (χ4n) is 2.47. The minimum atomic E-state index is -4.72. The van der Waals surface area contributed by atoms with Crippen molar-refractivity contribution in [1.29, 1.82) is 0 Å². The lowest BCUT2D eigenvalue weighted by Gasteiger charge is -2.10.